The highest BCUT2D eigenvalue weighted by Crippen LogP contribution is 2.34. The zero-order chi connectivity index (χ0) is 20.4. The molecule has 4 aromatic rings. The topological polar surface area (TPSA) is 106 Å². The summed E-state index contributed by atoms with van der Waals surface area (Å²) in [5.41, 5.74) is 3.05. The molecule has 0 bridgehead atoms. The van der Waals surface area contributed by atoms with E-state index >= 15 is 0 Å². The van der Waals surface area contributed by atoms with Crippen LogP contribution < -0.4 is 4.74 Å². The van der Waals surface area contributed by atoms with E-state index in [0.717, 1.165) is 11.3 Å². The van der Waals surface area contributed by atoms with Crippen molar-refractivity contribution < 1.29 is 9.66 Å². The van der Waals surface area contributed by atoms with Gasteiger partial charge in [0, 0.05) is 17.8 Å². The summed E-state index contributed by atoms with van der Waals surface area (Å²) >= 11 is 0. The number of imidazole rings is 1. The monoisotopic (exact) mass is 385 g/mol. The molecule has 0 saturated carbocycles. The fourth-order valence-corrected chi connectivity index (χ4v) is 3.02. The van der Waals surface area contributed by atoms with Crippen LogP contribution in [-0.2, 0) is 6.61 Å². The number of rotatable bonds is 5. The van der Waals surface area contributed by atoms with Crippen LogP contribution in [0.1, 0.15) is 17.0 Å². The minimum absolute atomic E-state index is 0.155. The van der Waals surface area contributed by atoms with Gasteiger partial charge in [0.05, 0.1) is 16.8 Å². The summed E-state index contributed by atoms with van der Waals surface area (Å²) in [6.45, 7) is 2.02. The number of benzene rings is 2. The van der Waals surface area contributed by atoms with Gasteiger partial charge in [-0.2, -0.15) is 5.26 Å². The molecule has 4 rings (SSSR count). The van der Waals surface area contributed by atoms with Gasteiger partial charge in [-0.25, -0.2) is 4.98 Å². The minimum Gasteiger partial charge on any atom is -0.482 e. The molecule has 0 unspecified atom stereocenters. The molecule has 0 fully saturated rings. The number of hydrogen-bond donors (Lipinski definition) is 0. The molecule has 0 radical (unpaired) electrons. The van der Waals surface area contributed by atoms with Crippen molar-refractivity contribution in [3.05, 3.63) is 88.0 Å². The molecule has 2 heterocycles. The highest BCUT2D eigenvalue weighted by Gasteiger charge is 2.21. The molecular weight excluding hydrogens is 370 g/mol. The van der Waals surface area contributed by atoms with Gasteiger partial charge in [0.2, 0.25) is 0 Å². The predicted octanol–water partition coefficient (Wildman–Crippen LogP) is 4.06. The number of aryl methyl sites for hydroxylation is 1. The molecule has 0 saturated heterocycles. The van der Waals surface area contributed by atoms with Gasteiger partial charge in [-0.3, -0.25) is 19.5 Å². The first kappa shape index (κ1) is 18.1. The molecule has 2 aromatic carbocycles. The third-order valence-electron chi connectivity index (χ3n) is 4.41. The quantitative estimate of drug-likeness (QED) is 0.379. The smallest absolute Gasteiger partial charge is 0.311 e. The Labute approximate surface area is 165 Å². The maximum atomic E-state index is 11.6. The van der Waals surface area contributed by atoms with Gasteiger partial charge >= 0.3 is 5.69 Å². The number of hydrogen-bond acceptors (Lipinski definition) is 6. The lowest BCUT2D eigenvalue weighted by Gasteiger charge is -2.08. The second kappa shape index (κ2) is 7.40. The lowest BCUT2D eigenvalue weighted by Crippen LogP contribution is -1.99. The number of fused-ring (bicyclic) bond motifs is 1. The highest BCUT2D eigenvalue weighted by molar-refractivity contribution is 5.72. The molecule has 8 heteroatoms. The van der Waals surface area contributed by atoms with E-state index in [1.165, 1.54) is 12.1 Å². The van der Waals surface area contributed by atoms with Crippen LogP contribution in [0.15, 0.2) is 60.9 Å². The van der Waals surface area contributed by atoms with Crippen molar-refractivity contribution in [1.82, 2.24) is 14.4 Å². The van der Waals surface area contributed by atoms with Crippen LogP contribution >= 0.6 is 0 Å². The van der Waals surface area contributed by atoms with E-state index < -0.39 is 4.92 Å². The van der Waals surface area contributed by atoms with Crippen molar-refractivity contribution in [2.24, 2.45) is 0 Å². The summed E-state index contributed by atoms with van der Waals surface area (Å²) in [5.74, 6) is 0.155. The second-order valence-corrected chi connectivity index (χ2v) is 6.39. The minimum atomic E-state index is -0.503. The number of aromatic nitrogens is 3. The molecule has 142 valence electrons. The highest BCUT2D eigenvalue weighted by atomic mass is 16.6. The fraction of sp³-hybridized carbons (Fsp3) is 0.0952. The van der Waals surface area contributed by atoms with Crippen molar-refractivity contribution >= 4 is 11.3 Å². The molecule has 0 atom stereocenters. The van der Waals surface area contributed by atoms with E-state index in [9.17, 15) is 15.4 Å². The Bertz CT molecular complexity index is 1260. The SMILES string of the molecule is Cc1cn2c(C#N)c(-c3ccc(OCc4ccccc4)c([N+](=O)[O-])c3)nc2cn1. The molecular formula is C21H15N5O3. The zero-order valence-corrected chi connectivity index (χ0v) is 15.4. The molecule has 29 heavy (non-hydrogen) atoms. The van der Waals surface area contributed by atoms with E-state index in [2.05, 4.69) is 16.0 Å². The van der Waals surface area contributed by atoms with E-state index in [0.29, 0.717) is 16.9 Å². The van der Waals surface area contributed by atoms with Crippen LogP contribution in [0, 0.1) is 28.4 Å². The van der Waals surface area contributed by atoms with Gasteiger partial charge < -0.3 is 4.74 Å². The first-order chi connectivity index (χ1) is 14.1. The van der Waals surface area contributed by atoms with E-state index in [-0.39, 0.29) is 23.7 Å². The molecule has 8 nitrogen and oxygen atoms in total. The summed E-state index contributed by atoms with van der Waals surface area (Å²) in [7, 11) is 0. The maximum Gasteiger partial charge on any atom is 0.311 e. The first-order valence-corrected chi connectivity index (χ1v) is 8.77. The molecule has 0 aliphatic rings. The number of ether oxygens (including phenoxy) is 1. The summed E-state index contributed by atoms with van der Waals surface area (Å²) in [5, 5.41) is 21.2. The van der Waals surface area contributed by atoms with Crippen molar-refractivity contribution in [2.45, 2.75) is 13.5 Å². The molecule has 0 N–H and O–H groups in total. The summed E-state index contributed by atoms with van der Waals surface area (Å²) in [6, 6.07) is 16.1. The Kier molecular flexibility index (Phi) is 4.63. The Balaban J connectivity index is 1.74. The van der Waals surface area contributed by atoms with Crippen molar-refractivity contribution in [3.63, 3.8) is 0 Å². The van der Waals surface area contributed by atoms with Crippen LogP contribution in [0.4, 0.5) is 5.69 Å². The average molecular weight is 385 g/mol. The van der Waals surface area contributed by atoms with Gasteiger partial charge in [-0.15, -0.1) is 0 Å². The number of nitriles is 1. The Morgan fingerprint density at radius 3 is 2.76 bits per heavy atom. The zero-order valence-electron chi connectivity index (χ0n) is 15.4. The summed E-state index contributed by atoms with van der Waals surface area (Å²) < 4.78 is 7.29. The molecule has 0 aliphatic heterocycles. The number of nitro groups is 1. The second-order valence-electron chi connectivity index (χ2n) is 6.39. The predicted molar refractivity (Wildman–Crippen MR) is 105 cm³/mol. The summed E-state index contributed by atoms with van der Waals surface area (Å²) in [6.07, 6.45) is 3.27. The molecule has 0 spiro atoms. The van der Waals surface area contributed by atoms with Crippen LogP contribution in [0.25, 0.3) is 16.9 Å². The fourth-order valence-electron chi connectivity index (χ4n) is 3.02. The van der Waals surface area contributed by atoms with Gasteiger partial charge in [-0.1, -0.05) is 30.3 Å². The standard InChI is InChI=1S/C21H15N5O3/c1-14-12-25-18(10-22)21(24-20(25)11-23-14)16-7-8-19(17(9-16)26(27)28)29-13-15-5-3-2-4-6-15/h2-9,11-12H,13H2,1H3. The van der Waals surface area contributed by atoms with E-state index in [4.69, 9.17) is 4.74 Å². The van der Waals surface area contributed by atoms with E-state index in [1.54, 1.807) is 22.9 Å². The Morgan fingerprint density at radius 2 is 2.03 bits per heavy atom. The maximum absolute atomic E-state index is 11.6. The lowest BCUT2D eigenvalue weighted by molar-refractivity contribution is -0.385. The third-order valence-corrected chi connectivity index (χ3v) is 4.41. The molecule has 0 amide bonds. The molecule has 2 aromatic heterocycles. The summed E-state index contributed by atoms with van der Waals surface area (Å²) in [4.78, 5) is 19.7. The van der Waals surface area contributed by atoms with Gasteiger partial charge in [-0.05, 0) is 24.6 Å². The Hall–Kier alpha value is -4.25. The van der Waals surface area contributed by atoms with Crippen molar-refractivity contribution in [1.29, 1.82) is 5.26 Å². The Morgan fingerprint density at radius 1 is 1.24 bits per heavy atom. The van der Waals surface area contributed by atoms with Gasteiger partial charge in [0.1, 0.15) is 18.4 Å². The average Bonchev–Trinajstić information content (AvgIpc) is 3.10. The van der Waals surface area contributed by atoms with E-state index in [1.807, 2.05) is 37.3 Å². The number of nitro benzene ring substituents is 1. The largest absolute Gasteiger partial charge is 0.482 e. The van der Waals surface area contributed by atoms with Crippen LogP contribution in [0.5, 0.6) is 5.75 Å². The van der Waals surface area contributed by atoms with Crippen LogP contribution in [0.3, 0.4) is 0 Å². The van der Waals surface area contributed by atoms with Crippen LogP contribution in [0.2, 0.25) is 0 Å². The van der Waals surface area contributed by atoms with Crippen molar-refractivity contribution in [3.8, 4) is 23.1 Å². The van der Waals surface area contributed by atoms with Gasteiger partial charge in [0.15, 0.2) is 17.1 Å². The lowest BCUT2D eigenvalue weighted by atomic mass is 10.1. The molecule has 0 aliphatic carbocycles. The van der Waals surface area contributed by atoms with Gasteiger partial charge in [0.25, 0.3) is 0 Å². The third kappa shape index (κ3) is 3.49. The first-order valence-electron chi connectivity index (χ1n) is 8.77. The normalized spacial score (nSPS) is 10.6. The number of nitrogens with zero attached hydrogens (tertiary/aromatic N) is 5. The van der Waals surface area contributed by atoms with Crippen LogP contribution in [-0.4, -0.2) is 19.3 Å². The van der Waals surface area contributed by atoms with Crippen molar-refractivity contribution in [2.75, 3.05) is 0 Å².